The molecule has 1 aliphatic rings. The van der Waals surface area contributed by atoms with Crippen LogP contribution in [0.25, 0.3) is 0 Å². The highest BCUT2D eigenvalue weighted by Crippen LogP contribution is 2.23. The van der Waals surface area contributed by atoms with E-state index in [1.54, 1.807) is 0 Å². The maximum atomic E-state index is 8.58. The zero-order valence-electron chi connectivity index (χ0n) is 5.81. The van der Waals surface area contributed by atoms with Crippen LogP contribution in [0.15, 0.2) is 0 Å². The van der Waals surface area contributed by atoms with Crippen LogP contribution < -0.4 is 4.84 Å². The minimum Gasteiger partial charge on any atom is -0.230 e. The molecule has 3 heteroatoms. The maximum absolute atomic E-state index is 8.58. The molecule has 56 valence electrons. The van der Waals surface area contributed by atoms with Gasteiger partial charge in [0, 0.05) is 12.0 Å². The lowest BCUT2D eigenvalue weighted by molar-refractivity contribution is 0.362. The van der Waals surface area contributed by atoms with Crippen molar-refractivity contribution in [1.82, 2.24) is 4.84 Å². The predicted octanol–water partition coefficient (Wildman–Crippen LogP) is 1.81. The van der Waals surface area contributed by atoms with Crippen LogP contribution in [0.2, 0.25) is 0 Å². The van der Waals surface area contributed by atoms with Crippen LogP contribution in [-0.4, -0.2) is 6.04 Å². The second-order valence-electron chi connectivity index (χ2n) is 2.80. The van der Waals surface area contributed by atoms with Gasteiger partial charge in [-0.3, -0.25) is 0 Å². The molecule has 0 aromatic carbocycles. The summed E-state index contributed by atoms with van der Waals surface area (Å²) in [6.45, 7) is 0. The summed E-state index contributed by atoms with van der Waals surface area (Å²) in [4.78, 5) is 2.69. The highest BCUT2D eigenvalue weighted by Gasteiger charge is 2.20. The first-order valence-electron chi connectivity index (χ1n) is 3.62. The molecular formula is C7H11ClN2. The molecule has 10 heavy (non-hydrogen) atoms. The number of hydrogen-bond acceptors (Lipinski definition) is 2. The molecule has 0 aromatic heterocycles. The first-order chi connectivity index (χ1) is 4.86. The topological polar surface area (TPSA) is 35.8 Å². The lowest BCUT2D eigenvalue weighted by Crippen LogP contribution is -2.27. The van der Waals surface area contributed by atoms with Crippen LogP contribution in [0, 0.1) is 17.2 Å². The van der Waals surface area contributed by atoms with E-state index in [1.165, 1.54) is 0 Å². The summed E-state index contributed by atoms with van der Waals surface area (Å²) in [5.74, 6) is 0.227. The van der Waals surface area contributed by atoms with E-state index in [9.17, 15) is 0 Å². The maximum Gasteiger partial charge on any atom is 0.0656 e. The van der Waals surface area contributed by atoms with Crippen LogP contribution in [0.5, 0.6) is 0 Å². The van der Waals surface area contributed by atoms with Crippen molar-refractivity contribution < 1.29 is 0 Å². The van der Waals surface area contributed by atoms with Crippen molar-refractivity contribution in [3.8, 4) is 6.07 Å². The fourth-order valence-corrected chi connectivity index (χ4v) is 1.60. The van der Waals surface area contributed by atoms with E-state index >= 15 is 0 Å². The molecule has 1 N–H and O–H groups in total. The number of nitriles is 1. The fourth-order valence-electron chi connectivity index (χ4n) is 1.41. The van der Waals surface area contributed by atoms with Gasteiger partial charge in [0.2, 0.25) is 0 Å². The number of nitrogens with one attached hydrogen (secondary N) is 1. The zero-order chi connectivity index (χ0) is 7.40. The molecule has 0 amide bonds. The smallest absolute Gasteiger partial charge is 0.0656 e. The molecule has 1 fully saturated rings. The summed E-state index contributed by atoms with van der Waals surface area (Å²) in [7, 11) is 0. The number of halogens is 1. The van der Waals surface area contributed by atoms with Gasteiger partial charge in [-0.15, -0.1) is 0 Å². The van der Waals surface area contributed by atoms with Crippen LogP contribution >= 0.6 is 11.8 Å². The molecule has 1 aliphatic carbocycles. The van der Waals surface area contributed by atoms with E-state index in [4.69, 9.17) is 17.0 Å². The summed E-state index contributed by atoms with van der Waals surface area (Å²) >= 11 is 5.44. The number of nitrogens with zero attached hydrogens (tertiary/aromatic N) is 1. The van der Waals surface area contributed by atoms with E-state index in [0.29, 0.717) is 6.04 Å². The largest absolute Gasteiger partial charge is 0.230 e. The highest BCUT2D eigenvalue weighted by atomic mass is 35.5. The molecule has 1 saturated carbocycles. The Kier molecular flexibility index (Phi) is 2.98. The lowest BCUT2D eigenvalue weighted by Gasteiger charge is -2.22. The summed E-state index contributed by atoms with van der Waals surface area (Å²) in [5, 5.41) is 8.58. The Hall–Kier alpha value is -0.260. The average Bonchev–Trinajstić information content (AvgIpc) is 2.05. The Morgan fingerprint density at radius 3 is 2.90 bits per heavy atom. The first-order valence-corrected chi connectivity index (χ1v) is 4.00. The second kappa shape index (κ2) is 3.80. The number of hydrogen-bond donors (Lipinski definition) is 1. The lowest BCUT2D eigenvalue weighted by atomic mass is 9.87. The highest BCUT2D eigenvalue weighted by molar-refractivity contribution is 6.13. The minimum atomic E-state index is 0.227. The van der Waals surface area contributed by atoms with Gasteiger partial charge in [0.15, 0.2) is 0 Å². The van der Waals surface area contributed by atoms with Crippen molar-refractivity contribution in [1.29, 1.82) is 5.26 Å². The Balaban J connectivity index is 2.33. The van der Waals surface area contributed by atoms with Crippen LogP contribution in [0.3, 0.4) is 0 Å². The molecule has 1 rings (SSSR count). The molecular weight excluding hydrogens is 148 g/mol. The summed E-state index contributed by atoms with van der Waals surface area (Å²) in [6.07, 6.45) is 4.20. The number of rotatable bonds is 1. The SMILES string of the molecule is N#C[C@@H]1CCC[C@H](NCl)C1. The average molecular weight is 159 g/mol. The molecule has 2 atom stereocenters. The molecule has 0 spiro atoms. The third-order valence-corrected chi connectivity index (χ3v) is 2.32. The van der Waals surface area contributed by atoms with E-state index in [2.05, 4.69) is 10.9 Å². The molecule has 0 radical (unpaired) electrons. The second-order valence-corrected chi connectivity index (χ2v) is 3.02. The molecule has 0 heterocycles. The Bertz CT molecular complexity index is 141. The van der Waals surface area contributed by atoms with Gasteiger partial charge in [-0.05, 0) is 31.0 Å². The Morgan fingerprint density at radius 1 is 1.50 bits per heavy atom. The quantitative estimate of drug-likeness (QED) is 0.591. The van der Waals surface area contributed by atoms with E-state index in [-0.39, 0.29) is 5.92 Å². The summed E-state index contributed by atoms with van der Waals surface area (Å²) in [6, 6.07) is 2.63. The molecule has 0 aromatic rings. The van der Waals surface area contributed by atoms with E-state index < -0.39 is 0 Å². The van der Waals surface area contributed by atoms with E-state index in [1.807, 2.05) is 0 Å². The molecule has 0 aliphatic heterocycles. The monoisotopic (exact) mass is 158 g/mol. The normalized spacial score (nSPS) is 33.2. The van der Waals surface area contributed by atoms with Crippen LogP contribution in [0.1, 0.15) is 25.7 Å². The fraction of sp³-hybridized carbons (Fsp3) is 0.857. The Morgan fingerprint density at radius 2 is 2.30 bits per heavy atom. The van der Waals surface area contributed by atoms with Crippen LogP contribution in [0.4, 0.5) is 0 Å². The van der Waals surface area contributed by atoms with Gasteiger partial charge in [-0.1, -0.05) is 6.42 Å². The zero-order valence-corrected chi connectivity index (χ0v) is 6.56. The summed E-state index contributed by atoms with van der Waals surface area (Å²) < 4.78 is 0. The van der Waals surface area contributed by atoms with Gasteiger partial charge >= 0.3 is 0 Å². The van der Waals surface area contributed by atoms with Crippen LogP contribution in [-0.2, 0) is 0 Å². The van der Waals surface area contributed by atoms with Gasteiger partial charge < -0.3 is 0 Å². The standard InChI is InChI=1S/C7H11ClN2/c8-10-7-3-1-2-6(4-7)5-9/h6-7,10H,1-4H2/t6-,7+/m1/s1. The van der Waals surface area contributed by atoms with Gasteiger partial charge in [0.25, 0.3) is 0 Å². The van der Waals surface area contributed by atoms with Crippen molar-refractivity contribution in [2.24, 2.45) is 5.92 Å². The molecule has 0 unspecified atom stereocenters. The van der Waals surface area contributed by atoms with E-state index in [0.717, 1.165) is 25.7 Å². The van der Waals surface area contributed by atoms with Crippen molar-refractivity contribution in [2.75, 3.05) is 0 Å². The van der Waals surface area contributed by atoms with Crippen molar-refractivity contribution >= 4 is 11.8 Å². The van der Waals surface area contributed by atoms with Gasteiger partial charge in [-0.2, -0.15) is 5.26 Å². The third kappa shape index (κ3) is 1.86. The van der Waals surface area contributed by atoms with Crippen molar-refractivity contribution in [3.63, 3.8) is 0 Å². The van der Waals surface area contributed by atoms with Crippen molar-refractivity contribution in [2.45, 2.75) is 31.7 Å². The van der Waals surface area contributed by atoms with Gasteiger partial charge in [-0.25, -0.2) is 4.84 Å². The minimum absolute atomic E-state index is 0.227. The molecule has 0 bridgehead atoms. The van der Waals surface area contributed by atoms with Crippen molar-refractivity contribution in [3.05, 3.63) is 0 Å². The molecule has 0 saturated heterocycles. The van der Waals surface area contributed by atoms with Gasteiger partial charge in [0.05, 0.1) is 6.07 Å². The predicted molar refractivity (Wildman–Crippen MR) is 40.3 cm³/mol. The molecule has 2 nitrogen and oxygen atoms in total. The third-order valence-electron chi connectivity index (χ3n) is 2.01. The Labute approximate surface area is 66.3 Å². The first kappa shape index (κ1) is 7.84. The van der Waals surface area contributed by atoms with Gasteiger partial charge in [0.1, 0.15) is 0 Å². The summed E-state index contributed by atoms with van der Waals surface area (Å²) in [5.41, 5.74) is 0.